The largest absolute Gasteiger partial charge is 0.478 e. The van der Waals surface area contributed by atoms with Crippen molar-refractivity contribution in [3.8, 4) is 0 Å². The number of carboxylic acid groups (broad SMARTS) is 1. The van der Waals surface area contributed by atoms with Crippen molar-refractivity contribution in [3.63, 3.8) is 0 Å². The van der Waals surface area contributed by atoms with Crippen molar-refractivity contribution in [1.29, 1.82) is 0 Å². The molecule has 2 unspecified atom stereocenters. The van der Waals surface area contributed by atoms with Gasteiger partial charge < -0.3 is 5.11 Å². The number of carbonyl (C=O) groups is 1. The Balaban J connectivity index is 2.71. The highest BCUT2D eigenvalue weighted by atomic mass is 16.4. The number of aliphatic carboxylic acids is 1. The molecule has 0 aliphatic heterocycles. The minimum atomic E-state index is -0.747. The lowest BCUT2D eigenvalue weighted by atomic mass is 9.83. The molecule has 0 saturated heterocycles. The third kappa shape index (κ3) is 1.82. The molecule has 2 nitrogen and oxygen atoms in total. The predicted molar refractivity (Wildman–Crippen MR) is 43.3 cm³/mol. The highest BCUT2D eigenvalue weighted by Gasteiger charge is 2.20. The van der Waals surface area contributed by atoms with Crippen LogP contribution in [0.4, 0.5) is 0 Å². The van der Waals surface area contributed by atoms with Crippen molar-refractivity contribution in [2.75, 3.05) is 0 Å². The third-order valence-corrected chi connectivity index (χ3v) is 2.51. The Morgan fingerprint density at radius 3 is 2.73 bits per heavy atom. The molecule has 1 rings (SSSR count). The van der Waals surface area contributed by atoms with Crippen molar-refractivity contribution < 1.29 is 9.90 Å². The molecule has 0 bridgehead atoms. The van der Waals surface area contributed by atoms with Crippen LogP contribution in [-0.2, 0) is 4.79 Å². The second kappa shape index (κ2) is 3.07. The SMILES string of the molecule is CC1C=C(C(=O)O)CCC1C. The van der Waals surface area contributed by atoms with Crippen molar-refractivity contribution in [1.82, 2.24) is 0 Å². The number of allylic oxidation sites excluding steroid dienone is 1. The summed E-state index contributed by atoms with van der Waals surface area (Å²) in [6.45, 7) is 4.24. The summed E-state index contributed by atoms with van der Waals surface area (Å²) in [6.07, 6.45) is 3.64. The zero-order chi connectivity index (χ0) is 8.43. The number of hydrogen-bond donors (Lipinski definition) is 1. The first kappa shape index (κ1) is 8.31. The van der Waals surface area contributed by atoms with E-state index in [9.17, 15) is 4.79 Å². The molecule has 1 N–H and O–H groups in total. The van der Waals surface area contributed by atoms with Gasteiger partial charge in [0, 0.05) is 5.57 Å². The smallest absolute Gasteiger partial charge is 0.331 e. The van der Waals surface area contributed by atoms with Crippen molar-refractivity contribution in [3.05, 3.63) is 11.6 Å². The summed E-state index contributed by atoms with van der Waals surface area (Å²) in [4.78, 5) is 10.5. The van der Waals surface area contributed by atoms with Crippen LogP contribution in [0.15, 0.2) is 11.6 Å². The highest BCUT2D eigenvalue weighted by Crippen LogP contribution is 2.27. The maximum absolute atomic E-state index is 10.5. The fraction of sp³-hybridized carbons (Fsp3) is 0.667. The van der Waals surface area contributed by atoms with E-state index in [4.69, 9.17) is 5.11 Å². The van der Waals surface area contributed by atoms with E-state index in [1.54, 1.807) is 0 Å². The van der Waals surface area contributed by atoms with Crippen molar-refractivity contribution >= 4 is 5.97 Å². The van der Waals surface area contributed by atoms with Gasteiger partial charge in [0.2, 0.25) is 0 Å². The van der Waals surface area contributed by atoms with Gasteiger partial charge in [0.15, 0.2) is 0 Å². The molecule has 0 saturated carbocycles. The molecule has 62 valence electrons. The second-order valence-corrected chi connectivity index (χ2v) is 3.37. The fourth-order valence-electron chi connectivity index (χ4n) is 1.39. The standard InChI is InChI=1S/C9H14O2/c1-6-3-4-8(9(10)11)5-7(6)2/h5-7H,3-4H2,1-2H3,(H,10,11). The van der Waals surface area contributed by atoms with E-state index < -0.39 is 5.97 Å². The maximum atomic E-state index is 10.5. The van der Waals surface area contributed by atoms with Gasteiger partial charge in [0.1, 0.15) is 0 Å². The summed E-state index contributed by atoms with van der Waals surface area (Å²) in [5, 5.41) is 8.67. The molecule has 0 aromatic heterocycles. The van der Waals surface area contributed by atoms with E-state index in [1.807, 2.05) is 6.08 Å². The average molecular weight is 154 g/mol. The molecule has 11 heavy (non-hydrogen) atoms. The third-order valence-electron chi connectivity index (χ3n) is 2.51. The molecule has 0 spiro atoms. The molecule has 0 aromatic rings. The lowest BCUT2D eigenvalue weighted by molar-refractivity contribution is -0.133. The van der Waals surface area contributed by atoms with Gasteiger partial charge in [0.05, 0.1) is 0 Å². The Hall–Kier alpha value is -0.790. The van der Waals surface area contributed by atoms with Crippen LogP contribution in [0.1, 0.15) is 26.7 Å². The van der Waals surface area contributed by atoms with Crippen LogP contribution in [0.5, 0.6) is 0 Å². The second-order valence-electron chi connectivity index (χ2n) is 3.37. The summed E-state index contributed by atoms with van der Waals surface area (Å²) >= 11 is 0. The first-order valence-corrected chi connectivity index (χ1v) is 4.05. The molecule has 2 heteroatoms. The van der Waals surface area contributed by atoms with Crippen LogP contribution < -0.4 is 0 Å². The molecule has 1 aliphatic rings. The average Bonchev–Trinajstić information content (AvgIpc) is 1.94. The lowest BCUT2D eigenvalue weighted by Gasteiger charge is -2.22. The Morgan fingerprint density at radius 1 is 1.64 bits per heavy atom. The quantitative estimate of drug-likeness (QED) is 0.627. The van der Waals surface area contributed by atoms with Crippen LogP contribution in [0.25, 0.3) is 0 Å². The number of carboxylic acids is 1. The zero-order valence-corrected chi connectivity index (χ0v) is 7.00. The van der Waals surface area contributed by atoms with E-state index in [-0.39, 0.29) is 0 Å². The maximum Gasteiger partial charge on any atom is 0.331 e. The van der Waals surface area contributed by atoms with Gasteiger partial charge >= 0.3 is 5.97 Å². The van der Waals surface area contributed by atoms with E-state index in [1.165, 1.54) is 0 Å². The molecular weight excluding hydrogens is 140 g/mol. The minimum absolute atomic E-state index is 0.426. The van der Waals surface area contributed by atoms with E-state index >= 15 is 0 Å². The molecule has 1 aliphatic carbocycles. The van der Waals surface area contributed by atoms with Gasteiger partial charge in [-0.3, -0.25) is 0 Å². The Labute approximate surface area is 66.9 Å². The Bertz CT molecular complexity index is 194. The summed E-state index contributed by atoms with van der Waals surface area (Å²) in [5.41, 5.74) is 0.593. The van der Waals surface area contributed by atoms with Gasteiger partial charge in [-0.2, -0.15) is 0 Å². The molecule has 0 aromatic carbocycles. The molecule has 0 radical (unpaired) electrons. The van der Waals surface area contributed by atoms with Crippen LogP contribution in [0.2, 0.25) is 0 Å². The first-order chi connectivity index (χ1) is 5.11. The fourth-order valence-corrected chi connectivity index (χ4v) is 1.39. The number of hydrogen-bond acceptors (Lipinski definition) is 1. The van der Waals surface area contributed by atoms with Crippen LogP contribution in [-0.4, -0.2) is 11.1 Å². The molecule has 0 heterocycles. The van der Waals surface area contributed by atoms with E-state index in [2.05, 4.69) is 13.8 Å². The van der Waals surface area contributed by atoms with Gasteiger partial charge in [-0.25, -0.2) is 4.79 Å². The Morgan fingerprint density at radius 2 is 2.27 bits per heavy atom. The molecule has 0 amide bonds. The summed E-state index contributed by atoms with van der Waals surface area (Å²) in [6, 6.07) is 0. The van der Waals surface area contributed by atoms with E-state index in [0.29, 0.717) is 17.4 Å². The summed E-state index contributed by atoms with van der Waals surface area (Å²) < 4.78 is 0. The first-order valence-electron chi connectivity index (χ1n) is 4.05. The normalized spacial score (nSPS) is 31.3. The van der Waals surface area contributed by atoms with Crippen LogP contribution >= 0.6 is 0 Å². The highest BCUT2D eigenvalue weighted by molar-refractivity contribution is 5.86. The summed E-state index contributed by atoms with van der Waals surface area (Å²) in [7, 11) is 0. The van der Waals surface area contributed by atoms with Crippen molar-refractivity contribution in [2.45, 2.75) is 26.7 Å². The molecule has 2 atom stereocenters. The van der Waals surface area contributed by atoms with Gasteiger partial charge in [-0.05, 0) is 24.7 Å². The summed E-state index contributed by atoms with van der Waals surface area (Å²) in [5.74, 6) is 0.316. The lowest BCUT2D eigenvalue weighted by Crippen LogP contribution is -2.15. The Kier molecular flexibility index (Phi) is 2.32. The molecular formula is C9H14O2. The minimum Gasteiger partial charge on any atom is -0.478 e. The van der Waals surface area contributed by atoms with Crippen LogP contribution in [0.3, 0.4) is 0 Å². The van der Waals surface area contributed by atoms with Crippen LogP contribution in [0, 0.1) is 11.8 Å². The van der Waals surface area contributed by atoms with Gasteiger partial charge in [0.25, 0.3) is 0 Å². The van der Waals surface area contributed by atoms with Gasteiger partial charge in [-0.15, -0.1) is 0 Å². The number of rotatable bonds is 1. The molecule has 0 fully saturated rings. The predicted octanol–water partition coefficient (Wildman–Crippen LogP) is 2.06. The zero-order valence-electron chi connectivity index (χ0n) is 7.00. The van der Waals surface area contributed by atoms with E-state index in [0.717, 1.165) is 12.8 Å². The van der Waals surface area contributed by atoms with Crippen molar-refractivity contribution in [2.24, 2.45) is 11.8 Å². The monoisotopic (exact) mass is 154 g/mol. The topological polar surface area (TPSA) is 37.3 Å². The van der Waals surface area contributed by atoms with Gasteiger partial charge in [-0.1, -0.05) is 19.9 Å².